The Morgan fingerprint density at radius 1 is 1.22 bits per heavy atom. The van der Waals surface area contributed by atoms with E-state index in [1.807, 2.05) is 12.1 Å². The molecule has 0 aliphatic carbocycles. The number of fused-ring (bicyclic) bond motifs is 1. The Balaban J connectivity index is 1.47. The molecule has 2 N–H and O–H groups in total. The van der Waals surface area contributed by atoms with Gasteiger partial charge in [-0.05, 0) is 7.05 Å². The van der Waals surface area contributed by atoms with E-state index >= 15 is 0 Å². The van der Waals surface area contributed by atoms with E-state index in [2.05, 4.69) is 26.8 Å². The van der Waals surface area contributed by atoms with Crippen LogP contribution in [0.25, 0.3) is 10.9 Å². The molecule has 3 heterocycles. The van der Waals surface area contributed by atoms with Crippen molar-refractivity contribution in [1.29, 1.82) is 0 Å². The van der Waals surface area contributed by atoms with Gasteiger partial charge in [0.15, 0.2) is 0 Å². The lowest BCUT2D eigenvalue weighted by Gasteiger charge is -2.32. The van der Waals surface area contributed by atoms with Crippen molar-refractivity contribution in [2.75, 3.05) is 65.3 Å². The van der Waals surface area contributed by atoms with Gasteiger partial charge < -0.3 is 24.8 Å². The molecule has 0 bridgehead atoms. The van der Waals surface area contributed by atoms with Gasteiger partial charge in [0, 0.05) is 51.3 Å². The molecule has 0 spiro atoms. The summed E-state index contributed by atoms with van der Waals surface area (Å²) >= 11 is 0. The normalized spacial score (nSPS) is 21.6. The third-order valence-corrected chi connectivity index (χ3v) is 5.16. The standard InChI is InChI=1S/C19H27N5O3/c1-23-3-5-24(6-4-23)7-9-26-15-10-16-18(19(20)22-13-21-16)17(11-15)27-14-2-8-25-12-14/h10-11,13-14H,2-9,12H2,1H3,(H2,20,21,22). The smallest absolute Gasteiger partial charge is 0.138 e. The van der Waals surface area contributed by atoms with Crippen molar-refractivity contribution in [3.63, 3.8) is 0 Å². The molecule has 2 aromatic rings. The molecule has 2 saturated heterocycles. The topological polar surface area (TPSA) is 86.0 Å². The van der Waals surface area contributed by atoms with E-state index in [0.29, 0.717) is 24.8 Å². The lowest BCUT2D eigenvalue weighted by atomic mass is 10.2. The maximum atomic E-state index is 6.14. The number of ether oxygens (including phenoxy) is 3. The van der Waals surface area contributed by atoms with E-state index in [-0.39, 0.29) is 6.10 Å². The van der Waals surface area contributed by atoms with Crippen molar-refractivity contribution in [3.05, 3.63) is 18.5 Å². The second kappa shape index (κ2) is 8.24. The number of nitrogens with zero attached hydrogens (tertiary/aromatic N) is 4. The van der Waals surface area contributed by atoms with Crippen LogP contribution in [0.5, 0.6) is 11.5 Å². The number of hydrogen-bond acceptors (Lipinski definition) is 8. The van der Waals surface area contributed by atoms with Crippen LogP contribution < -0.4 is 15.2 Å². The summed E-state index contributed by atoms with van der Waals surface area (Å²) in [5, 5.41) is 0.732. The Labute approximate surface area is 159 Å². The van der Waals surface area contributed by atoms with Gasteiger partial charge in [-0.3, -0.25) is 4.90 Å². The molecular formula is C19H27N5O3. The van der Waals surface area contributed by atoms with Crippen molar-refractivity contribution in [3.8, 4) is 11.5 Å². The van der Waals surface area contributed by atoms with Crippen LogP contribution in [-0.2, 0) is 4.74 Å². The molecule has 4 rings (SSSR count). The van der Waals surface area contributed by atoms with Crippen molar-refractivity contribution in [2.24, 2.45) is 0 Å². The molecular weight excluding hydrogens is 346 g/mol. The largest absolute Gasteiger partial charge is 0.492 e. The zero-order valence-electron chi connectivity index (χ0n) is 15.8. The predicted molar refractivity (Wildman–Crippen MR) is 103 cm³/mol. The highest BCUT2D eigenvalue weighted by Gasteiger charge is 2.20. The number of anilines is 1. The summed E-state index contributed by atoms with van der Waals surface area (Å²) in [6, 6.07) is 3.79. The average Bonchev–Trinajstić information content (AvgIpc) is 3.16. The Morgan fingerprint density at radius 3 is 2.85 bits per heavy atom. The van der Waals surface area contributed by atoms with E-state index in [4.69, 9.17) is 19.9 Å². The van der Waals surface area contributed by atoms with E-state index in [1.54, 1.807) is 0 Å². The Morgan fingerprint density at radius 2 is 2.07 bits per heavy atom. The Kier molecular flexibility index (Phi) is 5.56. The number of nitrogens with two attached hydrogens (primary N) is 1. The molecule has 2 aliphatic rings. The number of hydrogen-bond donors (Lipinski definition) is 1. The monoisotopic (exact) mass is 373 g/mol. The zero-order valence-corrected chi connectivity index (χ0v) is 15.8. The first-order valence-corrected chi connectivity index (χ1v) is 9.51. The van der Waals surface area contributed by atoms with Crippen LogP contribution in [0, 0.1) is 0 Å². The third-order valence-electron chi connectivity index (χ3n) is 5.16. The van der Waals surface area contributed by atoms with Crippen molar-refractivity contribution in [1.82, 2.24) is 19.8 Å². The van der Waals surface area contributed by atoms with Gasteiger partial charge in [0.1, 0.15) is 36.4 Å². The average molecular weight is 373 g/mol. The lowest BCUT2D eigenvalue weighted by molar-refractivity contribution is 0.133. The minimum Gasteiger partial charge on any atom is -0.492 e. The van der Waals surface area contributed by atoms with Gasteiger partial charge in [0.2, 0.25) is 0 Å². The van der Waals surface area contributed by atoms with Crippen LogP contribution in [0.2, 0.25) is 0 Å². The highest BCUT2D eigenvalue weighted by molar-refractivity contribution is 5.94. The van der Waals surface area contributed by atoms with Crippen LogP contribution in [0.4, 0.5) is 5.82 Å². The SMILES string of the molecule is CN1CCN(CCOc2cc(OC3CCOC3)c3c(N)ncnc3c2)CC1. The number of aromatic nitrogens is 2. The minimum absolute atomic E-state index is 0.0217. The van der Waals surface area contributed by atoms with E-state index < -0.39 is 0 Å². The lowest BCUT2D eigenvalue weighted by Crippen LogP contribution is -2.45. The molecule has 0 saturated carbocycles. The van der Waals surface area contributed by atoms with E-state index in [9.17, 15) is 0 Å². The van der Waals surface area contributed by atoms with Crippen molar-refractivity contribution < 1.29 is 14.2 Å². The molecule has 1 atom stereocenters. The molecule has 8 heteroatoms. The molecule has 2 fully saturated rings. The number of nitrogen functional groups attached to an aromatic ring is 1. The fourth-order valence-corrected chi connectivity index (χ4v) is 3.48. The van der Waals surface area contributed by atoms with E-state index in [1.165, 1.54) is 6.33 Å². The van der Waals surface area contributed by atoms with Gasteiger partial charge in [-0.2, -0.15) is 0 Å². The summed E-state index contributed by atoms with van der Waals surface area (Å²) in [6.07, 6.45) is 2.35. The number of benzene rings is 1. The molecule has 1 aromatic carbocycles. The van der Waals surface area contributed by atoms with Gasteiger partial charge in [0.05, 0.1) is 24.1 Å². The van der Waals surface area contributed by atoms with Crippen LogP contribution in [-0.4, -0.2) is 85.5 Å². The molecule has 1 aromatic heterocycles. The molecule has 8 nitrogen and oxygen atoms in total. The second-order valence-electron chi connectivity index (χ2n) is 7.17. The highest BCUT2D eigenvalue weighted by atomic mass is 16.5. The maximum absolute atomic E-state index is 6.14. The summed E-state index contributed by atoms with van der Waals surface area (Å²) in [5.74, 6) is 1.82. The second-order valence-corrected chi connectivity index (χ2v) is 7.17. The van der Waals surface area contributed by atoms with Crippen LogP contribution >= 0.6 is 0 Å². The molecule has 2 aliphatic heterocycles. The molecule has 0 amide bonds. The van der Waals surface area contributed by atoms with Crippen LogP contribution in [0.15, 0.2) is 18.5 Å². The van der Waals surface area contributed by atoms with Gasteiger partial charge in [0.25, 0.3) is 0 Å². The third kappa shape index (κ3) is 4.40. The summed E-state index contributed by atoms with van der Waals surface area (Å²) in [4.78, 5) is 13.2. The first-order valence-electron chi connectivity index (χ1n) is 9.51. The van der Waals surface area contributed by atoms with Crippen LogP contribution in [0.1, 0.15) is 6.42 Å². The maximum Gasteiger partial charge on any atom is 0.138 e. The van der Waals surface area contributed by atoms with Crippen LogP contribution in [0.3, 0.4) is 0 Å². The van der Waals surface area contributed by atoms with Crippen molar-refractivity contribution in [2.45, 2.75) is 12.5 Å². The van der Waals surface area contributed by atoms with Crippen molar-refractivity contribution >= 4 is 16.7 Å². The Hall–Kier alpha value is -2.16. The fraction of sp³-hybridized carbons (Fsp3) is 0.579. The summed E-state index contributed by atoms with van der Waals surface area (Å²) in [7, 11) is 2.16. The quantitative estimate of drug-likeness (QED) is 0.803. The minimum atomic E-state index is 0.0217. The number of likely N-dealkylation sites (N-methyl/N-ethyl adjacent to an activating group) is 1. The molecule has 146 valence electrons. The fourth-order valence-electron chi connectivity index (χ4n) is 3.48. The van der Waals surface area contributed by atoms with Gasteiger partial charge in [-0.1, -0.05) is 0 Å². The molecule has 1 unspecified atom stereocenters. The molecule has 27 heavy (non-hydrogen) atoms. The van der Waals surface area contributed by atoms with Gasteiger partial charge in [-0.15, -0.1) is 0 Å². The zero-order chi connectivity index (χ0) is 18.6. The Bertz CT molecular complexity index is 773. The number of rotatable bonds is 6. The predicted octanol–water partition coefficient (Wildman–Crippen LogP) is 1.01. The summed E-state index contributed by atoms with van der Waals surface area (Å²) in [5.41, 5.74) is 6.81. The summed E-state index contributed by atoms with van der Waals surface area (Å²) < 4.78 is 17.6. The summed E-state index contributed by atoms with van der Waals surface area (Å²) in [6.45, 7) is 7.21. The number of piperazine rings is 1. The van der Waals surface area contributed by atoms with Gasteiger partial charge >= 0.3 is 0 Å². The first kappa shape index (κ1) is 18.2. The van der Waals surface area contributed by atoms with E-state index in [0.717, 1.165) is 62.4 Å². The molecule has 0 radical (unpaired) electrons. The highest BCUT2D eigenvalue weighted by Crippen LogP contribution is 2.34. The first-order chi connectivity index (χ1) is 13.2. The van der Waals surface area contributed by atoms with Gasteiger partial charge in [-0.25, -0.2) is 9.97 Å².